The van der Waals surface area contributed by atoms with Crippen molar-refractivity contribution in [3.63, 3.8) is 0 Å². The summed E-state index contributed by atoms with van der Waals surface area (Å²) in [5, 5.41) is 5.19. The molecule has 2 aromatic rings. The molecule has 6 heteroatoms. The molecule has 2 heterocycles. The summed E-state index contributed by atoms with van der Waals surface area (Å²) in [5.74, 6) is 0.708. The van der Waals surface area contributed by atoms with Crippen molar-refractivity contribution in [1.82, 2.24) is 19.7 Å². The Morgan fingerprint density at radius 1 is 1.69 bits per heavy atom. The van der Waals surface area contributed by atoms with Crippen LogP contribution in [0.1, 0.15) is 12.7 Å². The molecule has 0 saturated heterocycles. The molecule has 0 atom stereocenters. The van der Waals surface area contributed by atoms with Crippen molar-refractivity contribution in [2.45, 2.75) is 13.3 Å². The van der Waals surface area contributed by atoms with Crippen molar-refractivity contribution >= 4 is 11.3 Å². The van der Waals surface area contributed by atoms with Gasteiger partial charge in [-0.25, -0.2) is 19.6 Å². The Morgan fingerprint density at radius 3 is 3.15 bits per heavy atom. The number of nitrogens with zero attached hydrogens (tertiary/aromatic N) is 3. The minimum Gasteiger partial charge on any atom is -0.244 e. The van der Waals surface area contributed by atoms with Crippen molar-refractivity contribution in [3.05, 3.63) is 27.9 Å². The van der Waals surface area contributed by atoms with Crippen LogP contribution in [-0.2, 0) is 6.42 Å². The van der Waals surface area contributed by atoms with Crippen LogP contribution in [0.25, 0.3) is 5.13 Å². The number of nitrogens with one attached hydrogen (secondary N) is 1. The zero-order valence-electron chi connectivity index (χ0n) is 7.02. The second-order valence-corrected chi connectivity index (χ2v) is 3.32. The summed E-state index contributed by atoms with van der Waals surface area (Å²) in [6.45, 7) is 1.94. The number of hydrogen-bond donors (Lipinski definition) is 1. The van der Waals surface area contributed by atoms with E-state index in [0.717, 1.165) is 5.13 Å². The fourth-order valence-electron chi connectivity index (χ4n) is 1.07. The molecule has 0 saturated carbocycles. The number of hydrogen-bond acceptors (Lipinski definition) is 4. The molecular formula is C7H8N4OS. The maximum atomic E-state index is 11.0. The SMILES string of the molecule is CCc1nc(=O)[nH]n1-c1nccs1. The largest absolute Gasteiger partial charge is 0.361 e. The minimum atomic E-state index is -0.327. The molecule has 0 radical (unpaired) electrons. The third-order valence-electron chi connectivity index (χ3n) is 1.62. The Kier molecular flexibility index (Phi) is 1.97. The highest BCUT2D eigenvalue weighted by Gasteiger charge is 2.07. The number of aromatic amines is 1. The maximum Gasteiger partial charge on any atom is 0.361 e. The van der Waals surface area contributed by atoms with Crippen LogP contribution in [0.5, 0.6) is 0 Å². The molecule has 0 unspecified atom stereocenters. The van der Waals surface area contributed by atoms with E-state index in [2.05, 4.69) is 15.1 Å². The van der Waals surface area contributed by atoms with Crippen molar-refractivity contribution in [3.8, 4) is 5.13 Å². The molecule has 0 aliphatic rings. The lowest BCUT2D eigenvalue weighted by atomic mass is 10.5. The van der Waals surface area contributed by atoms with E-state index < -0.39 is 0 Å². The lowest BCUT2D eigenvalue weighted by Gasteiger charge is -1.98. The van der Waals surface area contributed by atoms with Gasteiger partial charge in [-0.1, -0.05) is 6.92 Å². The van der Waals surface area contributed by atoms with E-state index in [0.29, 0.717) is 12.2 Å². The fourth-order valence-corrected chi connectivity index (χ4v) is 1.70. The van der Waals surface area contributed by atoms with E-state index in [1.54, 1.807) is 10.9 Å². The quantitative estimate of drug-likeness (QED) is 0.764. The zero-order valence-corrected chi connectivity index (χ0v) is 7.84. The van der Waals surface area contributed by atoms with E-state index in [9.17, 15) is 4.79 Å². The minimum absolute atomic E-state index is 0.327. The Bertz CT molecular complexity index is 441. The zero-order chi connectivity index (χ0) is 9.26. The Hall–Kier alpha value is -1.43. The number of rotatable bonds is 2. The van der Waals surface area contributed by atoms with Crippen LogP contribution in [-0.4, -0.2) is 19.7 Å². The van der Waals surface area contributed by atoms with Crippen LogP contribution >= 0.6 is 11.3 Å². The van der Waals surface area contributed by atoms with Gasteiger partial charge in [0.05, 0.1) is 0 Å². The maximum absolute atomic E-state index is 11.0. The molecule has 68 valence electrons. The van der Waals surface area contributed by atoms with Gasteiger partial charge in [-0.2, -0.15) is 4.98 Å². The van der Waals surface area contributed by atoms with E-state index in [1.807, 2.05) is 12.3 Å². The third kappa shape index (κ3) is 1.40. The van der Waals surface area contributed by atoms with Crippen molar-refractivity contribution < 1.29 is 0 Å². The van der Waals surface area contributed by atoms with Crippen LogP contribution < -0.4 is 5.69 Å². The Balaban J connectivity index is 2.57. The van der Waals surface area contributed by atoms with Gasteiger partial charge in [0.1, 0.15) is 5.82 Å². The molecule has 0 fully saturated rings. The first-order chi connectivity index (χ1) is 6.31. The van der Waals surface area contributed by atoms with E-state index in [-0.39, 0.29) is 5.69 Å². The summed E-state index contributed by atoms with van der Waals surface area (Å²) in [5.41, 5.74) is -0.327. The molecule has 0 aliphatic heterocycles. The van der Waals surface area contributed by atoms with Gasteiger partial charge in [-0.15, -0.1) is 11.3 Å². The number of aromatic nitrogens is 4. The van der Waals surface area contributed by atoms with Crippen LogP contribution in [0, 0.1) is 0 Å². The lowest BCUT2D eigenvalue weighted by Crippen LogP contribution is -2.05. The molecule has 5 nitrogen and oxygen atoms in total. The highest BCUT2D eigenvalue weighted by atomic mass is 32.1. The van der Waals surface area contributed by atoms with E-state index in [4.69, 9.17) is 0 Å². The molecular weight excluding hydrogens is 188 g/mol. The van der Waals surface area contributed by atoms with Gasteiger partial charge in [-0.3, -0.25) is 0 Å². The standard InChI is InChI=1S/C7H8N4OS/c1-2-5-9-6(12)10-11(5)7-8-3-4-13-7/h3-4H,2H2,1H3,(H,10,12). The first-order valence-corrected chi connectivity index (χ1v) is 4.77. The monoisotopic (exact) mass is 196 g/mol. The number of H-pyrrole nitrogens is 1. The second kappa shape index (κ2) is 3.14. The smallest absolute Gasteiger partial charge is 0.244 e. The van der Waals surface area contributed by atoms with Crippen molar-refractivity contribution in [1.29, 1.82) is 0 Å². The van der Waals surface area contributed by atoms with Gasteiger partial charge in [-0.05, 0) is 0 Å². The van der Waals surface area contributed by atoms with Crippen molar-refractivity contribution in [2.24, 2.45) is 0 Å². The summed E-state index contributed by atoms with van der Waals surface area (Å²) in [4.78, 5) is 18.8. The van der Waals surface area contributed by atoms with E-state index >= 15 is 0 Å². The highest BCUT2D eigenvalue weighted by molar-refractivity contribution is 7.12. The Morgan fingerprint density at radius 2 is 2.54 bits per heavy atom. The predicted octanol–water partition coefficient (Wildman–Crippen LogP) is 0.579. The van der Waals surface area contributed by atoms with Crippen LogP contribution in [0.15, 0.2) is 16.4 Å². The molecule has 0 amide bonds. The fraction of sp³-hybridized carbons (Fsp3) is 0.286. The average Bonchev–Trinajstić information content (AvgIpc) is 2.71. The Labute approximate surface area is 78.1 Å². The van der Waals surface area contributed by atoms with Crippen LogP contribution in [0.3, 0.4) is 0 Å². The molecule has 13 heavy (non-hydrogen) atoms. The normalized spacial score (nSPS) is 10.5. The molecule has 2 rings (SSSR count). The van der Waals surface area contributed by atoms with Gasteiger partial charge in [0, 0.05) is 18.0 Å². The second-order valence-electron chi connectivity index (χ2n) is 2.45. The number of thiazole rings is 1. The topological polar surface area (TPSA) is 63.6 Å². The molecule has 2 aromatic heterocycles. The third-order valence-corrected chi connectivity index (χ3v) is 2.38. The summed E-state index contributed by atoms with van der Waals surface area (Å²) in [7, 11) is 0. The van der Waals surface area contributed by atoms with Gasteiger partial charge in [0.2, 0.25) is 5.13 Å². The molecule has 1 N–H and O–H groups in total. The molecule has 0 bridgehead atoms. The molecule has 0 aliphatic carbocycles. The van der Waals surface area contributed by atoms with Gasteiger partial charge >= 0.3 is 5.69 Å². The average molecular weight is 196 g/mol. The van der Waals surface area contributed by atoms with Gasteiger partial charge in [0.25, 0.3) is 0 Å². The summed E-state index contributed by atoms with van der Waals surface area (Å²) in [6, 6.07) is 0. The predicted molar refractivity (Wildman–Crippen MR) is 49.2 cm³/mol. The molecule has 0 spiro atoms. The van der Waals surface area contributed by atoms with Gasteiger partial charge in [0.15, 0.2) is 0 Å². The summed E-state index contributed by atoms with van der Waals surface area (Å²) in [6.07, 6.45) is 2.40. The highest BCUT2D eigenvalue weighted by Crippen LogP contribution is 2.10. The summed E-state index contributed by atoms with van der Waals surface area (Å²) >= 11 is 1.46. The lowest BCUT2D eigenvalue weighted by molar-refractivity contribution is 0.790. The van der Waals surface area contributed by atoms with Gasteiger partial charge < -0.3 is 0 Å². The number of aryl methyl sites for hydroxylation is 1. The summed E-state index contributed by atoms with van der Waals surface area (Å²) < 4.78 is 1.62. The van der Waals surface area contributed by atoms with E-state index in [1.165, 1.54) is 11.3 Å². The first kappa shape index (κ1) is 8.18. The molecule has 0 aromatic carbocycles. The first-order valence-electron chi connectivity index (χ1n) is 3.89. The van der Waals surface area contributed by atoms with Crippen LogP contribution in [0.4, 0.5) is 0 Å². The van der Waals surface area contributed by atoms with Crippen molar-refractivity contribution in [2.75, 3.05) is 0 Å². The van der Waals surface area contributed by atoms with Crippen LogP contribution in [0.2, 0.25) is 0 Å².